The van der Waals surface area contributed by atoms with Gasteiger partial charge in [-0.3, -0.25) is 0 Å². The second-order valence-corrected chi connectivity index (χ2v) is 4.63. The molecule has 0 radical (unpaired) electrons. The fourth-order valence-electron chi connectivity index (χ4n) is 2.35. The maximum atomic E-state index is 14.1. The van der Waals surface area contributed by atoms with E-state index < -0.39 is 6.17 Å². The Bertz CT molecular complexity index is 350. The molecule has 1 N–H and O–H groups in total. The van der Waals surface area contributed by atoms with Crippen molar-refractivity contribution in [1.29, 1.82) is 0 Å². The van der Waals surface area contributed by atoms with E-state index in [9.17, 15) is 4.39 Å². The average Bonchev–Trinajstić information content (AvgIpc) is 2.40. The molecule has 2 rings (SSSR count). The zero-order valence-electron chi connectivity index (χ0n) is 10.3. The molecule has 1 fully saturated rings. The van der Waals surface area contributed by atoms with E-state index in [0.717, 1.165) is 24.3 Å². The van der Waals surface area contributed by atoms with Crippen LogP contribution in [0.25, 0.3) is 0 Å². The molecule has 0 aliphatic carbocycles. The van der Waals surface area contributed by atoms with Gasteiger partial charge in [-0.2, -0.15) is 0 Å². The molecule has 1 aliphatic rings. The van der Waals surface area contributed by atoms with Crippen molar-refractivity contribution >= 4 is 0 Å². The molecule has 1 heterocycles. The molecule has 2 nitrogen and oxygen atoms in total. The number of hydrogen-bond donors (Lipinski definition) is 1. The molecule has 2 atom stereocenters. The molecule has 0 saturated carbocycles. The van der Waals surface area contributed by atoms with E-state index in [0.29, 0.717) is 12.5 Å². The van der Waals surface area contributed by atoms with E-state index in [-0.39, 0.29) is 0 Å². The Hall–Kier alpha value is -1.09. The number of alkyl halides is 1. The third-order valence-electron chi connectivity index (χ3n) is 3.36. The van der Waals surface area contributed by atoms with Crippen LogP contribution in [0, 0.1) is 0 Å². The minimum atomic E-state index is -0.902. The maximum Gasteiger partial charge on any atom is 0.127 e. The number of hydrogen-bond acceptors (Lipinski definition) is 2. The molecule has 0 aromatic heterocycles. The molecule has 17 heavy (non-hydrogen) atoms. The third kappa shape index (κ3) is 3.43. The topological polar surface area (TPSA) is 21.3 Å². The first-order valence-corrected chi connectivity index (χ1v) is 6.31. The average molecular weight is 237 g/mol. The molecule has 0 spiro atoms. The summed E-state index contributed by atoms with van der Waals surface area (Å²) < 4.78 is 19.3. The Labute approximate surface area is 102 Å². The summed E-state index contributed by atoms with van der Waals surface area (Å²) in [6, 6.07) is 7.62. The van der Waals surface area contributed by atoms with Gasteiger partial charge in [0.15, 0.2) is 0 Å². The van der Waals surface area contributed by atoms with E-state index in [1.807, 2.05) is 18.2 Å². The number of nitrogens with one attached hydrogen (secondary N) is 1. The van der Waals surface area contributed by atoms with E-state index >= 15 is 0 Å². The lowest BCUT2D eigenvalue weighted by Crippen LogP contribution is -2.34. The summed E-state index contributed by atoms with van der Waals surface area (Å²) in [6.07, 6.45) is 3.17. The number of piperidine rings is 1. The standard InChI is InChI=1S/C14H20FNO/c1-17-13-7-4-5-11(9-13)14(15)10-12-6-2-3-8-16-12/h4-5,7,9,12,14,16H,2-3,6,8,10H2,1H3. The highest BCUT2D eigenvalue weighted by atomic mass is 19.1. The smallest absolute Gasteiger partial charge is 0.127 e. The second kappa shape index (κ2) is 6.01. The summed E-state index contributed by atoms with van der Waals surface area (Å²) in [7, 11) is 1.61. The van der Waals surface area contributed by atoms with Crippen LogP contribution in [0.4, 0.5) is 4.39 Å². The monoisotopic (exact) mass is 237 g/mol. The summed E-state index contributed by atoms with van der Waals surface area (Å²) >= 11 is 0. The number of rotatable bonds is 4. The maximum absolute atomic E-state index is 14.1. The molecule has 94 valence electrons. The van der Waals surface area contributed by atoms with Gasteiger partial charge in [0.25, 0.3) is 0 Å². The lowest BCUT2D eigenvalue weighted by Gasteiger charge is -2.25. The van der Waals surface area contributed by atoms with Crippen molar-refractivity contribution in [3.8, 4) is 5.75 Å². The lowest BCUT2D eigenvalue weighted by atomic mass is 9.96. The molecule has 1 aromatic carbocycles. The van der Waals surface area contributed by atoms with Crippen LogP contribution in [0.1, 0.15) is 37.4 Å². The number of methoxy groups -OCH3 is 1. The van der Waals surface area contributed by atoms with E-state index in [1.54, 1.807) is 13.2 Å². The summed E-state index contributed by atoms with van der Waals surface area (Å²) in [5.41, 5.74) is 0.719. The molecular weight excluding hydrogens is 217 g/mol. The van der Waals surface area contributed by atoms with Gasteiger partial charge in [0.1, 0.15) is 11.9 Å². The van der Waals surface area contributed by atoms with E-state index in [1.165, 1.54) is 12.8 Å². The van der Waals surface area contributed by atoms with Gasteiger partial charge in [-0.25, -0.2) is 4.39 Å². The largest absolute Gasteiger partial charge is 0.497 e. The van der Waals surface area contributed by atoms with Crippen LogP contribution in [-0.4, -0.2) is 19.7 Å². The van der Waals surface area contributed by atoms with E-state index in [4.69, 9.17) is 4.74 Å². The van der Waals surface area contributed by atoms with Crippen molar-refractivity contribution in [2.24, 2.45) is 0 Å². The lowest BCUT2D eigenvalue weighted by molar-refractivity contribution is 0.260. The highest BCUT2D eigenvalue weighted by Gasteiger charge is 2.19. The summed E-state index contributed by atoms with van der Waals surface area (Å²) in [4.78, 5) is 0. The third-order valence-corrected chi connectivity index (χ3v) is 3.36. The Morgan fingerprint density at radius 2 is 2.35 bits per heavy atom. The predicted molar refractivity (Wildman–Crippen MR) is 67.1 cm³/mol. The molecule has 0 amide bonds. The highest BCUT2D eigenvalue weighted by Crippen LogP contribution is 2.27. The van der Waals surface area contributed by atoms with Gasteiger partial charge in [-0.1, -0.05) is 18.6 Å². The summed E-state index contributed by atoms with van der Waals surface area (Å²) in [6.45, 7) is 1.02. The normalized spacial score (nSPS) is 22.1. The van der Waals surface area contributed by atoms with Gasteiger partial charge in [0.05, 0.1) is 7.11 Å². The Balaban J connectivity index is 1.95. The minimum absolute atomic E-state index is 0.324. The van der Waals surface area contributed by atoms with Crippen molar-refractivity contribution < 1.29 is 9.13 Å². The molecule has 1 aromatic rings. The minimum Gasteiger partial charge on any atom is -0.497 e. The highest BCUT2D eigenvalue weighted by molar-refractivity contribution is 5.29. The summed E-state index contributed by atoms with van der Waals surface area (Å²) in [5.74, 6) is 0.724. The zero-order valence-corrected chi connectivity index (χ0v) is 10.3. The van der Waals surface area contributed by atoms with Gasteiger partial charge in [0, 0.05) is 6.04 Å². The predicted octanol–water partition coefficient (Wildman–Crippen LogP) is 3.24. The molecule has 2 unspecified atom stereocenters. The van der Waals surface area contributed by atoms with Crippen molar-refractivity contribution in [3.05, 3.63) is 29.8 Å². The van der Waals surface area contributed by atoms with Gasteiger partial charge in [-0.05, 0) is 43.5 Å². The molecule has 3 heteroatoms. The van der Waals surface area contributed by atoms with Crippen LogP contribution in [0.15, 0.2) is 24.3 Å². The molecule has 1 saturated heterocycles. The first-order chi connectivity index (χ1) is 8.29. The molecule has 1 aliphatic heterocycles. The van der Waals surface area contributed by atoms with Crippen molar-refractivity contribution in [2.45, 2.75) is 37.9 Å². The Kier molecular flexibility index (Phi) is 4.37. The van der Waals surface area contributed by atoms with Gasteiger partial charge >= 0.3 is 0 Å². The first kappa shape index (κ1) is 12.4. The van der Waals surface area contributed by atoms with Gasteiger partial charge < -0.3 is 10.1 Å². The van der Waals surface area contributed by atoms with Gasteiger partial charge in [-0.15, -0.1) is 0 Å². The van der Waals surface area contributed by atoms with Crippen LogP contribution < -0.4 is 10.1 Å². The second-order valence-electron chi connectivity index (χ2n) is 4.63. The molecular formula is C14H20FNO. The van der Waals surface area contributed by atoms with Crippen LogP contribution in [0.5, 0.6) is 5.75 Å². The fourth-order valence-corrected chi connectivity index (χ4v) is 2.35. The van der Waals surface area contributed by atoms with Crippen LogP contribution in [0.2, 0.25) is 0 Å². The van der Waals surface area contributed by atoms with Crippen LogP contribution in [-0.2, 0) is 0 Å². The SMILES string of the molecule is COc1cccc(C(F)CC2CCCCN2)c1. The van der Waals surface area contributed by atoms with Crippen molar-refractivity contribution in [2.75, 3.05) is 13.7 Å². The summed E-state index contributed by atoms with van der Waals surface area (Å²) in [5, 5.41) is 3.38. The number of benzene rings is 1. The van der Waals surface area contributed by atoms with E-state index in [2.05, 4.69) is 5.32 Å². The number of halogens is 1. The van der Waals surface area contributed by atoms with Crippen LogP contribution >= 0.6 is 0 Å². The molecule has 0 bridgehead atoms. The van der Waals surface area contributed by atoms with Crippen molar-refractivity contribution in [3.63, 3.8) is 0 Å². The first-order valence-electron chi connectivity index (χ1n) is 6.31. The Morgan fingerprint density at radius 3 is 3.06 bits per heavy atom. The quantitative estimate of drug-likeness (QED) is 0.868. The number of ether oxygens (including phenoxy) is 1. The van der Waals surface area contributed by atoms with Crippen LogP contribution in [0.3, 0.4) is 0 Å². The fraction of sp³-hybridized carbons (Fsp3) is 0.571. The van der Waals surface area contributed by atoms with Crippen molar-refractivity contribution in [1.82, 2.24) is 5.32 Å². The zero-order chi connectivity index (χ0) is 12.1. The van der Waals surface area contributed by atoms with Gasteiger partial charge in [0.2, 0.25) is 0 Å². The Morgan fingerprint density at radius 1 is 1.47 bits per heavy atom.